The molecule has 5 nitrogen and oxygen atoms in total. The van der Waals surface area contributed by atoms with Crippen LogP contribution in [0.5, 0.6) is 0 Å². The van der Waals surface area contributed by atoms with Gasteiger partial charge in [0.25, 0.3) is 0 Å². The van der Waals surface area contributed by atoms with Gasteiger partial charge in [-0.1, -0.05) is 19.3 Å². The normalized spacial score (nSPS) is 14.4. The number of hydrogen-bond acceptors (Lipinski definition) is 4. The molecule has 18 heteroatoms. The summed E-state index contributed by atoms with van der Waals surface area (Å²) in [6.07, 6.45) is -21.9. The van der Waals surface area contributed by atoms with Crippen molar-refractivity contribution in [2.24, 2.45) is 0 Å². The Kier molecular flexibility index (Phi) is 15.8. The fraction of sp³-hybridized carbons (Fsp3) is 0.733. The minimum atomic E-state index is -5.40. The second-order valence-electron chi connectivity index (χ2n) is 5.77. The molecule has 0 saturated carbocycles. The Labute approximate surface area is 188 Å². The van der Waals surface area contributed by atoms with Gasteiger partial charge in [-0.15, -0.1) is 13.1 Å². The number of carbonyl (C=O) groups is 4. The Morgan fingerprint density at radius 2 is 0.697 bits per heavy atom. The van der Waals surface area contributed by atoms with E-state index in [2.05, 4.69) is 5.32 Å². The second-order valence-corrected chi connectivity index (χ2v) is 5.77. The molecule has 0 aromatic carbocycles. The number of nitrogens with zero attached hydrogens (tertiary/aromatic N) is 1. The van der Waals surface area contributed by atoms with Crippen LogP contribution in [0.1, 0.15) is 32.1 Å². The molecule has 1 aliphatic rings. The van der Waals surface area contributed by atoms with Crippen LogP contribution in [0.2, 0.25) is 0 Å². The van der Waals surface area contributed by atoms with Crippen LogP contribution in [0.4, 0.5) is 52.7 Å². The number of Topliss-reactive ketones (excluding diaryl/α,β-unsaturated/α-hetero) is 4. The Hall–Kier alpha value is -1.68. The molecule has 0 spiro atoms. The van der Waals surface area contributed by atoms with Crippen LogP contribution in [-0.4, -0.2) is 60.9 Å². The number of ketones is 4. The van der Waals surface area contributed by atoms with E-state index in [1.807, 2.05) is 0 Å². The van der Waals surface area contributed by atoms with Crippen molar-refractivity contribution in [3.63, 3.8) is 0 Å². The monoisotopic (exact) mass is 563 g/mol. The molecule has 1 heterocycles. The summed E-state index contributed by atoms with van der Waals surface area (Å²) in [5.41, 5.74) is 0. The predicted octanol–water partition coefficient (Wildman–Crippen LogP) is 4.82. The van der Waals surface area contributed by atoms with E-state index in [9.17, 15) is 71.9 Å². The average Bonchev–Trinajstić information content (AvgIpc) is 2.61. The first kappa shape index (κ1) is 35.9. The van der Waals surface area contributed by atoms with Crippen molar-refractivity contribution in [1.82, 2.24) is 0 Å². The zero-order chi connectivity index (χ0) is 26.0. The fourth-order valence-corrected chi connectivity index (χ4v) is 1.43. The van der Waals surface area contributed by atoms with Crippen molar-refractivity contribution in [3.05, 3.63) is 5.32 Å². The minimum absolute atomic E-state index is 0. The second kappa shape index (κ2) is 14.6. The van der Waals surface area contributed by atoms with E-state index in [0.29, 0.717) is 0 Å². The molecule has 0 unspecified atom stereocenters. The molecule has 1 rings (SSSR count). The number of hydrogen-bond donors (Lipinski definition) is 0. The van der Waals surface area contributed by atoms with Gasteiger partial charge in [-0.05, 0) is 0 Å². The molecular formula is C15H14CuF12NO4. The van der Waals surface area contributed by atoms with Crippen LogP contribution in [0, 0.1) is 0 Å². The topological polar surface area (TPSA) is 82.4 Å². The van der Waals surface area contributed by atoms with Crippen LogP contribution in [0.15, 0.2) is 0 Å². The summed E-state index contributed by atoms with van der Waals surface area (Å²) in [7, 11) is 0. The van der Waals surface area contributed by atoms with Gasteiger partial charge in [0.15, 0.2) is 0 Å². The maximum atomic E-state index is 11.3. The van der Waals surface area contributed by atoms with Crippen molar-refractivity contribution in [2.45, 2.75) is 56.8 Å². The molecule has 0 bridgehead atoms. The molecule has 0 aromatic heterocycles. The van der Waals surface area contributed by atoms with E-state index < -0.39 is 60.7 Å². The van der Waals surface area contributed by atoms with Crippen LogP contribution in [0.3, 0.4) is 0 Å². The molecule has 0 amide bonds. The summed E-state index contributed by atoms with van der Waals surface area (Å²) in [4.78, 5) is 39.5. The zero-order valence-electron chi connectivity index (χ0n) is 15.9. The molecular weight excluding hydrogens is 550 g/mol. The first-order valence-corrected chi connectivity index (χ1v) is 8.13. The van der Waals surface area contributed by atoms with Gasteiger partial charge in [0.05, 0.1) is 12.8 Å². The molecule has 0 atom stereocenters. The van der Waals surface area contributed by atoms with Crippen LogP contribution < -0.4 is 0 Å². The summed E-state index contributed by atoms with van der Waals surface area (Å²) in [6.45, 7) is 2.25. The van der Waals surface area contributed by atoms with E-state index in [-0.39, 0.29) is 17.1 Å². The van der Waals surface area contributed by atoms with Crippen molar-refractivity contribution >= 4 is 23.1 Å². The summed E-state index contributed by atoms with van der Waals surface area (Å²) in [5, 5.41) is 4.18. The molecule has 0 radical (unpaired) electrons. The van der Waals surface area contributed by atoms with Gasteiger partial charge in [-0.3, -0.25) is 19.2 Å². The third-order valence-electron chi connectivity index (χ3n) is 3.04. The third-order valence-corrected chi connectivity index (χ3v) is 3.04. The van der Waals surface area contributed by atoms with E-state index in [4.69, 9.17) is 0 Å². The molecule has 0 N–H and O–H groups in total. The van der Waals surface area contributed by atoms with E-state index in [0.717, 1.165) is 13.1 Å². The van der Waals surface area contributed by atoms with Gasteiger partial charge >= 0.3 is 41.8 Å². The van der Waals surface area contributed by atoms with Gasteiger partial charge in [0, 0.05) is 0 Å². The summed E-state index contributed by atoms with van der Waals surface area (Å²) < 4.78 is 136. The fourth-order valence-electron chi connectivity index (χ4n) is 1.43. The van der Waals surface area contributed by atoms with Gasteiger partial charge < -0.3 is 5.32 Å². The van der Waals surface area contributed by atoms with Crippen molar-refractivity contribution in [2.75, 3.05) is 13.1 Å². The first-order chi connectivity index (χ1) is 14.1. The largest absolute Gasteiger partial charge is 1.00 e. The number of halogens is 12. The maximum absolute atomic E-state index is 11.3. The van der Waals surface area contributed by atoms with E-state index in [1.165, 1.54) is 19.3 Å². The molecule has 198 valence electrons. The number of alkyl halides is 12. The first-order valence-electron chi connectivity index (χ1n) is 8.13. The number of rotatable bonds is 4. The van der Waals surface area contributed by atoms with E-state index >= 15 is 0 Å². The van der Waals surface area contributed by atoms with Crippen molar-refractivity contribution in [1.29, 1.82) is 0 Å². The summed E-state index contributed by atoms with van der Waals surface area (Å²) >= 11 is 0. The number of carbonyl (C=O) groups excluding carboxylic acids is 4. The predicted molar refractivity (Wildman–Crippen MR) is 80.4 cm³/mol. The van der Waals surface area contributed by atoms with Crippen LogP contribution in [0.25, 0.3) is 5.32 Å². The molecule has 1 saturated heterocycles. The molecule has 33 heavy (non-hydrogen) atoms. The molecule has 0 aromatic rings. The van der Waals surface area contributed by atoms with Crippen LogP contribution >= 0.6 is 0 Å². The Balaban J connectivity index is -0.000000427. The smallest absolute Gasteiger partial charge is 0.662 e. The quantitative estimate of drug-likeness (QED) is 0.279. The van der Waals surface area contributed by atoms with Crippen molar-refractivity contribution < 1.29 is 88.9 Å². The molecule has 0 aliphatic carbocycles. The van der Waals surface area contributed by atoms with Gasteiger partial charge in [-0.25, -0.2) is 0 Å². The van der Waals surface area contributed by atoms with E-state index in [1.54, 1.807) is 0 Å². The van der Waals surface area contributed by atoms with Gasteiger partial charge in [0.2, 0.25) is 23.1 Å². The molecule has 1 fully saturated rings. The van der Waals surface area contributed by atoms with Gasteiger partial charge in [0.1, 0.15) is 0 Å². The Bertz CT molecular complexity index is 540. The molecule has 1 aliphatic heterocycles. The van der Waals surface area contributed by atoms with Crippen LogP contribution in [-0.2, 0) is 36.2 Å². The standard InChI is InChI=1S/2C5H2F6O2.C5H10N.Cu/c2*6-4(7,8)2(12)1-3(13)5(9,10)11;1-2-4-6-5-3-1;/h2*1H2;1-5H2;/q;;-1;+1. The zero-order valence-corrected chi connectivity index (χ0v) is 16.8. The summed E-state index contributed by atoms with van der Waals surface area (Å²) in [5.74, 6) is -10.8. The maximum Gasteiger partial charge on any atom is 1.00 e. The Morgan fingerprint density at radius 1 is 0.485 bits per heavy atom. The summed E-state index contributed by atoms with van der Waals surface area (Å²) in [6, 6.07) is 0. The number of piperidine rings is 1. The SMILES string of the molecule is C1CC[N-]CC1.O=C(CC(=O)C(F)(F)F)C(F)(F)F.O=C(CC(=O)C(F)(F)F)C(F)(F)F.[Cu+]. The minimum Gasteiger partial charge on any atom is -0.662 e. The third kappa shape index (κ3) is 18.4. The van der Waals surface area contributed by atoms with Gasteiger partial charge in [-0.2, -0.15) is 52.7 Å². The Morgan fingerprint density at radius 3 is 0.788 bits per heavy atom. The van der Waals surface area contributed by atoms with Crippen molar-refractivity contribution in [3.8, 4) is 0 Å². The average molecular weight is 564 g/mol.